The molecule has 0 bridgehead atoms. The van der Waals surface area contributed by atoms with Gasteiger partial charge < -0.3 is 9.15 Å². The Morgan fingerprint density at radius 2 is 2.00 bits per heavy atom. The molecule has 3 aromatic rings. The van der Waals surface area contributed by atoms with Crippen LogP contribution in [0.5, 0.6) is 5.75 Å². The first-order valence-electron chi connectivity index (χ1n) is 8.90. The summed E-state index contributed by atoms with van der Waals surface area (Å²) in [6.45, 7) is 9.33. The van der Waals surface area contributed by atoms with Crippen LogP contribution in [-0.4, -0.2) is 30.3 Å². The average molecular weight is 357 g/mol. The van der Waals surface area contributed by atoms with Gasteiger partial charge in [0.25, 0.3) is 0 Å². The summed E-state index contributed by atoms with van der Waals surface area (Å²) in [5.74, 6) is 0.865. The Hall–Kier alpha value is -1.97. The number of benzene rings is 2. The minimum absolute atomic E-state index is 0.180. The summed E-state index contributed by atoms with van der Waals surface area (Å²) < 4.78 is 13.3. The number of hydrogen-bond donors (Lipinski definition) is 0. The third-order valence-electron chi connectivity index (χ3n) is 5.47. The largest absolute Gasteiger partial charge is 0.456 e. The summed E-state index contributed by atoms with van der Waals surface area (Å²) >= 11 is 6.07. The fourth-order valence-electron chi connectivity index (χ4n) is 4.09. The lowest BCUT2D eigenvalue weighted by Gasteiger charge is -2.37. The number of ether oxygens (including phenoxy) is 1. The SMILES string of the molecule is C=CC[N+]1(CC)CCCC1Oc1ccc2c(c1)oc1cc(Cl)ccc12. The van der Waals surface area contributed by atoms with Crippen molar-refractivity contribution in [2.24, 2.45) is 0 Å². The van der Waals surface area contributed by atoms with E-state index in [0.717, 1.165) is 58.2 Å². The summed E-state index contributed by atoms with van der Waals surface area (Å²) in [5, 5.41) is 2.85. The van der Waals surface area contributed by atoms with Gasteiger partial charge in [-0.15, -0.1) is 0 Å². The number of likely N-dealkylation sites (N-methyl/N-ethyl adjacent to an activating group) is 1. The topological polar surface area (TPSA) is 22.4 Å². The fourth-order valence-corrected chi connectivity index (χ4v) is 4.25. The first-order valence-corrected chi connectivity index (χ1v) is 9.28. The molecule has 0 aliphatic carbocycles. The molecule has 2 heterocycles. The molecule has 2 unspecified atom stereocenters. The summed E-state index contributed by atoms with van der Waals surface area (Å²) in [6.07, 6.45) is 4.46. The van der Waals surface area contributed by atoms with Crippen LogP contribution >= 0.6 is 11.6 Å². The molecule has 0 N–H and O–H groups in total. The standard InChI is InChI=1S/C21H23ClNO2/c1-3-11-23(4-2)12-5-6-21(23)24-16-8-10-18-17-9-7-15(22)13-19(17)25-20(18)14-16/h3,7-10,13-14,21H,1,4-6,11-12H2,2H3/q+1. The molecular formula is C21H23ClNO2+. The number of rotatable bonds is 5. The third kappa shape index (κ3) is 2.82. The fraction of sp³-hybridized carbons (Fsp3) is 0.333. The van der Waals surface area contributed by atoms with E-state index in [1.54, 1.807) is 0 Å². The van der Waals surface area contributed by atoms with Crippen molar-refractivity contribution in [3.63, 3.8) is 0 Å². The second-order valence-corrected chi connectivity index (χ2v) is 7.28. The van der Waals surface area contributed by atoms with E-state index in [4.69, 9.17) is 20.8 Å². The first-order chi connectivity index (χ1) is 12.1. The van der Waals surface area contributed by atoms with Crippen molar-refractivity contribution in [2.75, 3.05) is 19.6 Å². The highest BCUT2D eigenvalue weighted by atomic mass is 35.5. The predicted octanol–water partition coefficient (Wildman–Crippen LogP) is 5.76. The van der Waals surface area contributed by atoms with Crippen LogP contribution in [0.2, 0.25) is 5.02 Å². The van der Waals surface area contributed by atoms with E-state index in [1.807, 2.05) is 36.4 Å². The zero-order valence-corrected chi connectivity index (χ0v) is 15.3. The quantitative estimate of drug-likeness (QED) is 0.428. The van der Waals surface area contributed by atoms with Gasteiger partial charge in [-0.1, -0.05) is 18.2 Å². The van der Waals surface area contributed by atoms with E-state index < -0.39 is 0 Å². The van der Waals surface area contributed by atoms with Gasteiger partial charge in [0.2, 0.25) is 6.23 Å². The predicted molar refractivity (Wildman–Crippen MR) is 103 cm³/mol. The second-order valence-electron chi connectivity index (χ2n) is 6.84. The Morgan fingerprint density at radius 3 is 2.76 bits per heavy atom. The number of hydrogen-bond acceptors (Lipinski definition) is 2. The maximum absolute atomic E-state index is 6.40. The Bertz CT molecular complexity index is 932. The van der Waals surface area contributed by atoms with Crippen molar-refractivity contribution in [3.8, 4) is 5.75 Å². The van der Waals surface area contributed by atoms with Gasteiger partial charge in [-0.2, -0.15) is 0 Å². The van der Waals surface area contributed by atoms with Crippen molar-refractivity contribution in [1.29, 1.82) is 0 Å². The van der Waals surface area contributed by atoms with Crippen molar-refractivity contribution in [3.05, 3.63) is 54.1 Å². The minimum Gasteiger partial charge on any atom is -0.456 e. The lowest BCUT2D eigenvalue weighted by atomic mass is 10.1. The maximum atomic E-state index is 6.40. The molecule has 0 radical (unpaired) electrons. The number of furan rings is 1. The van der Waals surface area contributed by atoms with Crippen molar-refractivity contribution >= 4 is 33.5 Å². The molecule has 0 amide bonds. The lowest BCUT2D eigenvalue weighted by Crippen LogP contribution is -2.53. The molecule has 1 saturated heterocycles. The van der Waals surface area contributed by atoms with Gasteiger partial charge in [0.15, 0.2) is 0 Å². The number of halogens is 1. The highest BCUT2D eigenvalue weighted by Crippen LogP contribution is 2.35. The smallest absolute Gasteiger partial charge is 0.234 e. The molecular weight excluding hydrogens is 334 g/mol. The molecule has 2 atom stereocenters. The molecule has 0 saturated carbocycles. The van der Waals surface area contributed by atoms with Crippen LogP contribution < -0.4 is 4.74 Å². The van der Waals surface area contributed by atoms with Gasteiger partial charge in [-0.25, -0.2) is 0 Å². The van der Waals surface area contributed by atoms with Crippen LogP contribution in [0.25, 0.3) is 21.9 Å². The molecule has 0 spiro atoms. The van der Waals surface area contributed by atoms with Crippen LogP contribution in [-0.2, 0) is 0 Å². The highest BCUT2D eigenvalue weighted by Gasteiger charge is 2.41. The summed E-state index contributed by atoms with van der Waals surface area (Å²) in [4.78, 5) is 0. The van der Waals surface area contributed by atoms with Gasteiger partial charge in [0, 0.05) is 40.8 Å². The Labute approximate surface area is 153 Å². The zero-order valence-electron chi connectivity index (χ0n) is 14.5. The Balaban J connectivity index is 1.67. The highest BCUT2D eigenvalue weighted by molar-refractivity contribution is 6.31. The monoisotopic (exact) mass is 356 g/mol. The normalized spacial score (nSPS) is 23.4. The maximum Gasteiger partial charge on any atom is 0.234 e. The van der Waals surface area contributed by atoms with Crippen molar-refractivity contribution in [1.82, 2.24) is 0 Å². The van der Waals surface area contributed by atoms with E-state index in [-0.39, 0.29) is 6.23 Å². The molecule has 4 heteroatoms. The molecule has 2 aromatic carbocycles. The zero-order chi connectivity index (χ0) is 17.4. The van der Waals surface area contributed by atoms with Gasteiger partial charge in [-0.3, -0.25) is 4.48 Å². The van der Waals surface area contributed by atoms with Crippen LogP contribution in [0.4, 0.5) is 0 Å². The number of fused-ring (bicyclic) bond motifs is 3. The summed E-state index contributed by atoms with van der Waals surface area (Å²) in [6, 6.07) is 11.9. The third-order valence-corrected chi connectivity index (χ3v) is 5.70. The van der Waals surface area contributed by atoms with E-state index in [9.17, 15) is 0 Å². The van der Waals surface area contributed by atoms with Crippen LogP contribution in [0, 0.1) is 0 Å². The van der Waals surface area contributed by atoms with Gasteiger partial charge in [-0.05, 0) is 37.3 Å². The summed E-state index contributed by atoms with van der Waals surface area (Å²) in [5.41, 5.74) is 1.65. The first kappa shape index (κ1) is 16.5. The molecule has 25 heavy (non-hydrogen) atoms. The number of quaternary nitrogens is 1. The molecule has 3 nitrogen and oxygen atoms in total. The molecule has 1 aliphatic rings. The van der Waals surface area contributed by atoms with Crippen molar-refractivity contribution < 1.29 is 13.6 Å². The van der Waals surface area contributed by atoms with Gasteiger partial charge in [0.1, 0.15) is 16.9 Å². The molecule has 1 aromatic heterocycles. The molecule has 130 valence electrons. The van der Waals surface area contributed by atoms with E-state index in [1.165, 1.54) is 6.42 Å². The molecule has 1 fully saturated rings. The van der Waals surface area contributed by atoms with Crippen molar-refractivity contribution in [2.45, 2.75) is 26.0 Å². The minimum atomic E-state index is 0.180. The number of nitrogens with zero attached hydrogens (tertiary/aromatic N) is 1. The van der Waals surface area contributed by atoms with Crippen LogP contribution in [0.3, 0.4) is 0 Å². The van der Waals surface area contributed by atoms with E-state index >= 15 is 0 Å². The molecule has 4 rings (SSSR count). The summed E-state index contributed by atoms with van der Waals surface area (Å²) in [7, 11) is 0. The van der Waals surface area contributed by atoms with Gasteiger partial charge in [0.05, 0.1) is 19.6 Å². The Morgan fingerprint density at radius 1 is 1.24 bits per heavy atom. The number of likely N-dealkylation sites (tertiary alicyclic amines) is 1. The molecule has 1 aliphatic heterocycles. The van der Waals surface area contributed by atoms with Gasteiger partial charge >= 0.3 is 0 Å². The van der Waals surface area contributed by atoms with Crippen LogP contribution in [0.15, 0.2) is 53.5 Å². The van der Waals surface area contributed by atoms with E-state index in [0.29, 0.717) is 5.02 Å². The lowest BCUT2D eigenvalue weighted by molar-refractivity contribution is -0.949. The average Bonchev–Trinajstić information content (AvgIpc) is 3.16. The Kier molecular flexibility index (Phi) is 4.22. The second kappa shape index (κ2) is 6.40. The van der Waals surface area contributed by atoms with E-state index in [2.05, 4.69) is 19.6 Å². The van der Waals surface area contributed by atoms with Crippen LogP contribution in [0.1, 0.15) is 19.8 Å².